The van der Waals surface area contributed by atoms with Gasteiger partial charge in [0.2, 0.25) is 0 Å². The first-order chi connectivity index (χ1) is 12.9. The highest BCUT2D eigenvalue weighted by atomic mass is 16.5. The molecule has 3 rings (SSSR count). The molecule has 0 amide bonds. The molecule has 27 heavy (non-hydrogen) atoms. The number of benzene rings is 2. The Bertz CT molecular complexity index is 829. The van der Waals surface area contributed by atoms with Crippen LogP contribution in [-0.4, -0.2) is 28.7 Å². The van der Waals surface area contributed by atoms with Crippen LogP contribution in [0.3, 0.4) is 0 Å². The third kappa shape index (κ3) is 4.15. The third-order valence-electron chi connectivity index (χ3n) is 5.04. The van der Waals surface area contributed by atoms with Crippen LogP contribution in [0.2, 0.25) is 0 Å². The summed E-state index contributed by atoms with van der Waals surface area (Å²) in [7, 11) is 1.51. The summed E-state index contributed by atoms with van der Waals surface area (Å²) in [5.41, 5.74) is 3.39. The van der Waals surface area contributed by atoms with Crippen molar-refractivity contribution in [2.75, 3.05) is 7.11 Å². The topological polar surface area (TPSA) is 76.0 Å². The van der Waals surface area contributed by atoms with Crippen LogP contribution >= 0.6 is 0 Å². The first-order valence-corrected chi connectivity index (χ1v) is 9.12. The molecule has 5 nitrogen and oxygen atoms in total. The molecular formula is C22H26O5. The van der Waals surface area contributed by atoms with E-state index in [0.717, 1.165) is 29.7 Å². The number of hydrogen-bond acceptors (Lipinski definition) is 5. The number of ether oxygens (including phenoxy) is 2. The Morgan fingerprint density at radius 2 is 1.96 bits per heavy atom. The summed E-state index contributed by atoms with van der Waals surface area (Å²) < 4.78 is 11.3. The van der Waals surface area contributed by atoms with Gasteiger partial charge in [-0.25, -0.2) is 0 Å². The first kappa shape index (κ1) is 19.4. The van der Waals surface area contributed by atoms with Crippen LogP contribution in [-0.2, 0) is 26.1 Å². The summed E-state index contributed by atoms with van der Waals surface area (Å²) in [5.74, 6) is 1.32. The second-order valence-electron chi connectivity index (χ2n) is 7.54. The molecule has 1 aliphatic heterocycles. The molecule has 0 saturated carbocycles. The summed E-state index contributed by atoms with van der Waals surface area (Å²) in [6.45, 7) is 3.68. The summed E-state index contributed by atoms with van der Waals surface area (Å²) in [6, 6.07) is 9.08. The molecule has 0 unspecified atom stereocenters. The minimum atomic E-state index is -0.228. The van der Waals surface area contributed by atoms with Gasteiger partial charge in [0.05, 0.1) is 20.3 Å². The molecule has 0 aliphatic carbocycles. The Morgan fingerprint density at radius 1 is 1.19 bits per heavy atom. The van der Waals surface area contributed by atoms with Crippen LogP contribution in [0.15, 0.2) is 30.3 Å². The lowest BCUT2D eigenvalue weighted by Gasteiger charge is -2.32. The molecule has 144 valence electrons. The molecule has 2 aromatic carbocycles. The van der Waals surface area contributed by atoms with Crippen molar-refractivity contribution >= 4 is 5.78 Å². The third-order valence-corrected chi connectivity index (χ3v) is 5.04. The zero-order valence-electron chi connectivity index (χ0n) is 16.0. The average molecular weight is 370 g/mol. The predicted molar refractivity (Wildman–Crippen MR) is 102 cm³/mol. The van der Waals surface area contributed by atoms with Crippen LogP contribution in [0, 0.1) is 0 Å². The first-order valence-electron chi connectivity index (χ1n) is 9.12. The van der Waals surface area contributed by atoms with Crippen molar-refractivity contribution in [3.05, 3.63) is 58.1 Å². The maximum atomic E-state index is 12.8. The van der Waals surface area contributed by atoms with Crippen LogP contribution in [0.5, 0.6) is 11.5 Å². The number of rotatable bonds is 6. The second kappa shape index (κ2) is 7.71. The van der Waals surface area contributed by atoms with E-state index in [-0.39, 0.29) is 31.0 Å². The van der Waals surface area contributed by atoms with Gasteiger partial charge in [-0.05, 0) is 67.6 Å². The lowest BCUT2D eigenvalue weighted by Crippen LogP contribution is -2.32. The molecule has 0 saturated heterocycles. The van der Waals surface area contributed by atoms with Crippen molar-refractivity contribution in [1.82, 2.24) is 0 Å². The number of methoxy groups -OCH3 is 1. The highest BCUT2D eigenvalue weighted by molar-refractivity contribution is 5.98. The molecule has 1 heterocycles. The van der Waals surface area contributed by atoms with E-state index >= 15 is 0 Å². The van der Waals surface area contributed by atoms with Crippen LogP contribution in [0.25, 0.3) is 0 Å². The van der Waals surface area contributed by atoms with Gasteiger partial charge in [-0.1, -0.05) is 6.07 Å². The molecule has 1 aliphatic rings. The van der Waals surface area contributed by atoms with Crippen molar-refractivity contribution in [2.45, 2.75) is 51.9 Å². The summed E-state index contributed by atoms with van der Waals surface area (Å²) in [5, 5.41) is 19.0. The van der Waals surface area contributed by atoms with E-state index in [1.54, 1.807) is 18.2 Å². The van der Waals surface area contributed by atoms with Gasteiger partial charge >= 0.3 is 0 Å². The van der Waals surface area contributed by atoms with Crippen molar-refractivity contribution < 1.29 is 24.5 Å². The number of Topliss-reactive ketones (excluding diaryl/α,β-unsaturated/α-hetero) is 1. The average Bonchev–Trinajstić information content (AvgIpc) is 2.65. The zero-order valence-corrected chi connectivity index (χ0v) is 16.0. The molecule has 0 atom stereocenters. The van der Waals surface area contributed by atoms with E-state index in [1.807, 2.05) is 12.1 Å². The van der Waals surface area contributed by atoms with Gasteiger partial charge in [0.25, 0.3) is 0 Å². The number of fused-ring (bicyclic) bond motifs is 1. The maximum absolute atomic E-state index is 12.8. The van der Waals surface area contributed by atoms with E-state index in [2.05, 4.69) is 13.8 Å². The smallest absolute Gasteiger partial charge is 0.167 e. The predicted octanol–water partition coefficient (Wildman–Crippen LogP) is 3.21. The van der Waals surface area contributed by atoms with Gasteiger partial charge < -0.3 is 19.7 Å². The normalized spacial score (nSPS) is 15.0. The second-order valence-corrected chi connectivity index (χ2v) is 7.54. The number of ketones is 1. The summed E-state index contributed by atoms with van der Waals surface area (Å²) >= 11 is 0. The fourth-order valence-electron chi connectivity index (χ4n) is 3.49. The monoisotopic (exact) mass is 370 g/mol. The highest BCUT2D eigenvalue weighted by Crippen LogP contribution is 2.34. The molecule has 2 N–H and O–H groups in total. The van der Waals surface area contributed by atoms with Crippen LogP contribution < -0.4 is 9.47 Å². The van der Waals surface area contributed by atoms with Gasteiger partial charge in [0.15, 0.2) is 5.78 Å². The number of aryl methyl sites for hydroxylation is 1. The van der Waals surface area contributed by atoms with Crippen molar-refractivity contribution in [1.29, 1.82) is 0 Å². The SMILES string of the molecule is COc1cc(CC(=O)c2ccc3c(c2)CCC(C)(C)O3)cc(CO)c1CO. The van der Waals surface area contributed by atoms with Crippen molar-refractivity contribution in [3.8, 4) is 11.5 Å². The molecule has 0 aromatic heterocycles. The van der Waals surface area contributed by atoms with Gasteiger partial charge in [-0.2, -0.15) is 0 Å². The number of aliphatic hydroxyl groups is 2. The Hall–Kier alpha value is -2.37. The fraction of sp³-hybridized carbons (Fsp3) is 0.409. The number of aliphatic hydroxyl groups excluding tert-OH is 2. The zero-order chi connectivity index (χ0) is 19.6. The van der Waals surface area contributed by atoms with E-state index in [1.165, 1.54) is 7.11 Å². The largest absolute Gasteiger partial charge is 0.496 e. The molecule has 2 aromatic rings. The highest BCUT2D eigenvalue weighted by Gasteiger charge is 2.27. The maximum Gasteiger partial charge on any atom is 0.167 e. The summed E-state index contributed by atoms with van der Waals surface area (Å²) in [6.07, 6.45) is 1.99. The van der Waals surface area contributed by atoms with E-state index in [4.69, 9.17) is 9.47 Å². The Morgan fingerprint density at radius 3 is 2.63 bits per heavy atom. The molecule has 0 fully saturated rings. The molecule has 0 radical (unpaired) electrons. The van der Waals surface area contributed by atoms with Gasteiger partial charge in [-0.3, -0.25) is 4.79 Å². The van der Waals surface area contributed by atoms with Gasteiger partial charge in [0.1, 0.15) is 17.1 Å². The fourth-order valence-corrected chi connectivity index (χ4v) is 3.49. The lowest BCUT2D eigenvalue weighted by atomic mass is 9.92. The quantitative estimate of drug-likeness (QED) is 0.764. The van der Waals surface area contributed by atoms with Gasteiger partial charge in [-0.15, -0.1) is 0 Å². The Kier molecular flexibility index (Phi) is 5.53. The Labute approximate surface area is 159 Å². The van der Waals surface area contributed by atoms with Crippen molar-refractivity contribution in [2.24, 2.45) is 0 Å². The number of carbonyl (C=O) groups is 1. The molecular weight excluding hydrogens is 344 g/mol. The molecule has 5 heteroatoms. The molecule has 0 bridgehead atoms. The number of hydrogen-bond donors (Lipinski definition) is 2. The molecule has 0 spiro atoms. The minimum Gasteiger partial charge on any atom is -0.496 e. The van der Waals surface area contributed by atoms with Gasteiger partial charge in [0, 0.05) is 17.5 Å². The number of carbonyl (C=O) groups excluding carboxylic acids is 1. The van der Waals surface area contributed by atoms with E-state index in [9.17, 15) is 15.0 Å². The summed E-state index contributed by atoms with van der Waals surface area (Å²) in [4.78, 5) is 12.8. The van der Waals surface area contributed by atoms with Crippen LogP contribution in [0.4, 0.5) is 0 Å². The minimum absolute atomic E-state index is 0.00896. The van der Waals surface area contributed by atoms with E-state index in [0.29, 0.717) is 22.4 Å². The van der Waals surface area contributed by atoms with Crippen molar-refractivity contribution in [3.63, 3.8) is 0 Å². The lowest BCUT2D eigenvalue weighted by molar-refractivity contribution is 0.0846. The Balaban J connectivity index is 1.84. The van der Waals surface area contributed by atoms with E-state index < -0.39 is 0 Å². The standard InChI is InChI=1S/C22H26O5/c1-22(2)7-6-16-11-15(4-5-20(16)27-22)19(25)9-14-8-17(12-23)18(13-24)21(10-14)26-3/h4-5,8,10-11,23-24H,6-7,9,12-13H2,1-3H3. The van der Waals surface area contributed by atoms with Crippen LogP contribution in [0.1, 0.15) is 52.9 Å².